The van der Waals surface area contributed by atoms with Crippen LogP contribution >= 0.6 is 0 Å². The number of hydrogen-bond acceptors (Lipinski definition) is 3. The number of nitrogens with zero attached hydrogens (tertiary/aromatic N) is 2. The zero-order valence-corrected chi connectivity index (χ0v) is 9.82. The molecule has 1 aromatic heterocycles. The molecule has 1 aliphatic carbocycles. The van der Waals surface area contributed by atoms with Crippen molar-refractivity contribution in [3.8, 4) is 0 Å². The molecule has 1 N–H and O–H groups in total. The highest BCUT2D eigenvalue weighted by atomic mass is 15.3. The first-order valence-corrected chi connectivity index (χ1v) is 6.27. The molecule has 1 aromatic rings. The van der Waals surface area contributed by atoms with E-state index in [1.165, 1.54) is 30.6 Å². The summed E-state index contributed by atoms with van der Waals surface area (Å²) in [4.78, 5) is 7.15. The standard InChI is InChI=1S/C13H19N3/c1-10-3-2-7-15-13(10)16(11-4-5-11)12-6-8-14-9-12/h2-3,7,11-12,14H,4-6,8-9H2,1H3. The van der Waals surface area contributed by atoms with Crippen molar-refractivity contribution in [1.29, 1.82) is 0 Å². The van der Waals surface area contributed by atoms with Gasteiger partial charge in [-0.2, -0.15) is 0 Å². The molecule has 1 saturated heterocycles. The molecule has 2 aliphatic rings. The summed E-state index contributed by atoms with van der Waals surface area (Å²) in [6.07, 6.45) is 5.85. The van der Waals surface area contributed by atoms with Gasteiger partial charge in [0.05, 0.1) is 0 Å². The molecule has 16 heavy (non-hydrogen) atoms. The molecular formula is C13H19N3. The second-order valence-electron chi connectivity index (χ2n) is 4.93. The highest BCUT2D eigenvalue weighted by molar-refractivity contribution is 5.49. The zero-order valence-electron chi connectivity index (χ0n) is 9.82. The molecule has 0 amide bonds. The van der Waals surface area contributed by atoms with Gasteiger partial charge in [-0.25, -0.2) is 4.98 Å². The molecule has 1 atom stereocenters. The van der Waals surface area contributed by atoms with Crippen LogP contribution in [-0.2, 0) is 0 Å². The molecule has 0 radical (unpaired) electrons. The van der Waals surface area contributed by atoms with Crippen molar-refractivity contribution in [3.63, 3.8) is 0 Å². The second kappa shape index (κ2) is 4.06. The molecular weight excluding hydrogens is 198 g/mol. The molecule has 0 spiro atoms. The van der Waals surface area contributed by atoms with Gasteiger partial charge in [0, 0.05) is 24.8 Å². The van der Waals surface area contributed by atoms with Gasteiger partial charge in [0.1, 0.15) is 5.82 Å². The summed E-state index contributed by atoms with van der Waals surface area (Å²) in [5, 5.41) is 3.46. The van der Waals surface area contributed by atoms with Gasteiger partial charge < -0.3 is 10.2 Å². The van der Waals surface area contributed by atoms with Crippen LogP contribution in [0.15, 0.2) is 18.3 Å². The molecule has 1 unspecified atom stereocenters. The molecule has 3 heteroatoms. The van der Waals surface area contributed by atoms with E-state index in [4.69, 9.17) is 0 Å². The molecule has 2 heterocycles. The summed E-state index contributed by atoms with van der Waals surface area (Å²) in [6, 6.07) is 5.59. The fourth-order valence-electron chi connectivity index (χ4n) is 2.62. The van der Waals surface area contributed by atoms with Gasteiger partial charge in [-0.15, -0.1) is 0 Å². The minimum atomic E-state index is 0.654. The zero-order chi connectivity index (χ0) is 11.0. The van der Waals surface area contributed by atoms with Gasteiger partial charge in [-0.1, -0.05) is 6.07 Å². The molecule has 0 bridgehead atoms. The van der Waals surface area contributed by atoms with E-state index >= 15 is 0 Å². The normalized spacial score (nSPS) is 24.7. The summed E-state index contributed by atoms with van der Waals surface area (Å²) < 4.78 is 0. The number of aryl methyl sites for hydroxylation is 1. The Labute approximate surface area is 96.9 Å². The third kappa shape index (κ3) is 1.80. The summed E-state index contributed by atoms with van der Waals surface area (Å²) in [6.45, 7) is 4.44. The van der Waals surface area contributed by atoms with E-state index in [2.05, 4.69) is 28.2 Å². The van der Waals surface area contributed by atoms with Crippen LogP contribution in [0.1, 0.15) is 24.8 Å². The van der Waals surface area contributed by atoms with Gasteiger partial charge in [-0.05, 0) is 44.4 Å². The number of anilines is 1. The Morgan fingerprint density at radius 3 is 2.81 bits per heavy atom. The molecule has 1 aliphatic heterocycles. The Balaban J connectivity index is 1.90. The first-order valence-electron chi connectivity index (χ1n) is 6.27. The maximum absolute atomic E-state index is 4.58. The summed E-state index contributed by atoms with van der Waals surface area (Å²) >= 11 is 0. The summed E-state index contributed by atoms with van der Waals surface area (Å²) in [5.74, 6) is 1.21. The van der Waals surface area contributed by atoms with Gasteiger partial charge in [0.15, 0.2) is 0 Å². The maximum Gasteiger partial charge on any atom is 0.131 e. The molecule has 3 rings (SSSR count). The van der Waals surface area contributed by atoms with Gasteiger partial charge in [0.25, 0.3) is 0 Å². The predicted octanol–water partition coefficient (Wildman–Crippen LogP) is 1.72. The van der Waals surface area contributed by atoms with E-state index in [0.29, 0.717) is 6.04 Å². The summed E-state index contributed by atoms with van der Waals surface area (Å²) in [5.41, 5.74) is 1.31. The van der Waals surface area contributed by atoms with Crippen LogP contribution in [0.4, 0.5) is 5.82 Å². The van der Waals surface area contributed by atoms with Crippen LogP contribution in [0.25, 0.3) is 0 Å². The highest BCUT2D eigenvalue weighted by Gasteiger charge is 2.36. The average Bonchev–Trinajstić information content (AvgIpc) is 2.97. The first-order chi connectivity index (χ1) is 7.86. The van der Waals surface area contributed by atoms with Crippen LogP contribution in [0, 0.1) is 6.92 Å². The fourth-order valence-corrected chi connectivity index (χ4v) is 2.62. The fraction of sp³-hybridized carbons (Fsp3) is 0.615. The number of hydrogen-bond donors (Lipinski definition) is 1. The molecule has 3 nitrogen and oxygen atoms in total. The maximum atomic E-state index is 4.58. The van der Waals surface area contributed by atoms with Crippen LogP contribution in [0.2, 0.25) is 0 Å². The van der Waals surface area contributed by atoms with Crippen LogP contribution < -0.4 is 10.2 Å². The minimum Gasteiger partial charge on any atom is -0.349 e. The van der Waals surface area contributed by atoms with E-state index < -0.39 is 0 Å². The topological polar surface area (TPSA) is 28.2 Å². The number of aromatic nitrogens is 1. The third-order valence-corrected chi connectivity index (χ3v) is 3.59. The van der Waals surface area contributed by atoms with Crippen molar-refractivity contribution in [1.82, 2.24) is 10.3 Å². The minimum absolute atomic E-state index is 0.654. The van der Waals surface area contributed by atoms with Crippen LogP contribution in [0.3, 0.4) is 0 Å². The number of nitrogens with one attached hydrogen (secondary N) is 1. The predicted molar refractivity (Wildman–Crippen MR) is 65.7 cm³/mol. The van der Waals surface area contributed by atoms with Crippen LogP contribution in [-0.4, -0.2) is 30.2 Å². The van der Waals surface area contributed by atoms with E-state index in [1.54, 1.807) is 0 Å². The summed E-state index contributed by atoms with van der Waals surface area (Å²) in [7, 11) is 0. The van der Waals surface area contributed by atoms with Crippen LogP contribution in [0.5, 0.6) is 0 Å². The van der Waals surface area contributed by atoms with Gasteiger partial charge >= 0.3 is 0 Å². The van der Waals surface area contributed by atoms with Crippen molar-refractivity contribution in [2.24, 2.45) is 0 Å². The lowest BCUT2D eigenvalue weighted by Gasteiger charge is -2.30. The quantitative estimate of drug-likeness (QED) is 0.835. The molecule has 0 aromatic carbocycles. The Morgan fingerprint density at radius 1 is 1.31 bits per heavy atom. The van der Waals surface area contributed by atoms with E-state index in [1.807, 2.05) is 12.3 Å². The SMILES string of the molecule is Cc1cccnc1N(C1CC1)C1CCNC1. The Hall–Kier alpha value is -1.09. The first kappa shape index (κ1) is 10.1. The average molecular weight is 217 g/mol. The monoisotopic (exact) mass is 217 g/mol. The Kier molecular flexibility index (Phi) is 2.56. The lowest BCUT2D eigenvalue weighted by molar-refractivity contribution is 0.619. The number of pyridine rings is 1. The van der Waals surface area contributed by atoms with E-state index in [-0.39, 0.29) is 0 Å². The molecule has 86 valence electrons. The Morgan fingerprint density at radius 2 is 2.19 bits per heavy atom. The smallest absolute Gasteiger partial charge is 0.131 e. The highest BCUT2D eigenvalue weighted by Crippen LogP contribution is 2.35. The Bertz CT molecular complexity index is 367. The third-order valence-electron chi connectivity index (χ3n) is 3.59. The van der Waals surface area contributed by atoms with Gasteiger partial charge in [0.2, 0.25) is 0 Å². The lowest BCUT2D eigenvalue weighted by Crippen LogP contribution is -2.39. The van der Waals surface area contributed by atoms with Crippen molar-refractivity contribution < 1.29 is 0 Å². The largest absolute Gasteiger partial charge is 0.349 e. The van der Waals surface area contributed by atoms with Crippen molar-refractivity contribution in [3.05, 3.63) is 23.9 Å². The van der Waals surface area contributed by atoms with Crippen molar-refractivity contribution >= 4 is 5.82 Å². The second-order valence-corrected chi connectivity index (χ2v) is 4.93. The molecule has 2 fully saturated rings. The van der Waals surface area contributed by atoms with Crippen molar-refractivity contribution in [2.45, 2.75) is 38.3 Å². The number of rotatable bonds is 3. The lowest BCUT2D eigenvalue weighted by atomic mass is 10.2. The van der Waals surface area contributed by atoms with Crippen molar-refractivity contribution in [2.75, 3.05) is 18.0 Å². The van der Waals surface area contributed by atoms with E-state index in [9.17, 15) is 0 Å². The van der Waals surface area contributed by atoms with E-state index in [0.717, 1.165) is 19.1 Å². The molecule has 1 saturated carbocycles. The van der Waals surface area contributed by atoms with Gasteiger partial charge in [-0.3, -0.25) is 0 Å².